The first kappa shape index (κ1) is 22.0. The van der Waals surface area contributed by atoms with Gasteiger partial charge in [-0.3, -0.25) is 9.79 Å². The summed E-state index contributed by atoms with van der Waals surface area (Å²) in [5, 5.41) is 8.98. The van der Waals surface area contributed by atoms with Gasteiger partial charge in [-0.2, -0.15) is 0 Å². The fourth-order valence-corrected chi connectivity index (χ4v) is 2.78. The molecule has 1 amide bonds. The van der Waals surface area contributed by atoms with E-state index in [1.807, 2.05) is 19.1 Å². The molecule has 0 radical (unpaired) electrons. The van der Waals surface area contributed by atoms with Crippen LogP contribution >= 0.6 is 0 Å². The monoisotopic (exact) mass is 392 g/mol. The summed E-state index contributed by atoms with van der Waals surface area (Å²) >= 11 is 0. The molecule has 0 bridgehead atoms. The number of amides is 1. The third-order valence-corrected chi connectivity index (χ3v) is 4.44. The lowest BCUT2D eigenvalue weighted by Crippen LogP contribution is -2.43. The van der Waals surface area contributed by atoms with Crippen molar-refractivity contribution in [1.82, 2.24) is 16.0 Å². The maximum Gasteiger partial charge on any atom is 0.239 e. The van der Waals surface area contributed by atoms with Crippen LogP contribution in [0.25, 0.3) is 0 Å². The number of nitrogens with one attached hydrogen (secondary N) is 3. The van der Waals surface area contributed by atoms with Crippen molar-refractivity contribution in [2.75, 3.05) is 53.7 Å². The minimum atomic E-state index is -0.113. The van der Waals surface area contributed by atoms with Crippen LogP contribution in [0.1, 0.15) is 17.5 Å². The quantitative estimate of drug-likeness (QED) is 0.310. The first-order valence-electron chi connectivity index (χ1n) is 9.62. The van der Waals surface area contributed by atoms with Gasteiger partial charge >= 0.3 is 0 Å². The van der Waals surface area contributed by atoms with E-state index in [-0.39, 0.29) is 12.5 Å². The fraction of sp³-hybridized carbons (Fsp3) is 0.600. The van der Waals surface area contributed by atoms with Crippen molar-refractivity contribution in [2.45, 2.75) is 19.9 Å². The number of carbonyl (C=O) groups is 1. The Morgan fingerprint density at radius 1 is 1.32 bits per heavy atom. The van der Waals surface area contributed by atoms with Crippen molar-refractivity contribution < 1.29 is 19.0 Å². The van der Waals surface area contributed by atoms with E-state index in [0.29, 0.717) is 38.2 Å². The maximum atomic E-state index is 11.8. The second kappa shape index (κ2) is 12.2. The number of rotatable bonds is 10. The first-order chi connectivity index (χ1) is 13.6. The minimum Gasteiger partial charge on any atom is -0.493 e. The molecule has 2 rings (SSSR count). The molecule has 1 aromatic carbocycles. The molecule has 1 atom stereocenters. The lowest BCUT2D eigenvalue weighted by atomic mass is 10.1. The molecule has 156 valence electrons. The van der Waals surface area contributed by atoms with Gasteiger partial charge in [-0.25, -0.2) is 0 Å². The summed E-state index contributed by atoms with van der Waals surface area (Å²) in [4.78, 5) is 15.9. The van der Waals surface area contributed by atoms with Crippen molar-refractivity contribution in [1.29, 1.82) is 0 Å². The summed E-state index contributed by atoms with van der Waals surface area (Å²) in [5.74, 6) is 1.76. The third kappa shape index (κ3) is 7.74. The van der Waals surface area contributed by atoms with E-state index in [4.69, 9.17) is 14.2 Å². The molecule has 8 heteroatoms. The molecule has 3 N–H and O–H groups in total. The van der Waals surface area contributed by atoms with Crippen molar-refractivity contribution >= 4 is 11.9 Å². The highest BCUT2D eigenvalue weighted by Crippen LogP contribution is 2.22. The Morgan fingerprint density at radius 2 is 2.18 bits per heavy atom. The van der Waals surface area contributed by atoms with Gasteiger partial charge in [0.2, 0.25) is 5.91 Å². The van der Waals surface area contributed by atoms with Crippen molar-refractivity contribution in [3.05, 3.63) is 29.3 Å². The molecule has 0 spiro atoms. The molecule has 1 aliphatic rings. The van der Waals surface area contributed by atoms with E-state index in [0.717, 1.165) is 36.5 Å². The highest BCUT2D eigenvalue weighted by molar-refractivity contribution is 5.86. The van der Waals surface area contributed by atoms with E-state index in [1.165, 1.54) is 0 Å². The van der Waals surface area contributed by atoms with Crippen LogP contribution < -0.4 is 20.7 Å². The summed E-state index contributed by atoms with van der Waals surface area (Å²) in [6, 6.07) is 6.15. The normalized spacial score (nSPS) is 16.7. The number of hydrogen-bond donors (Lipinski definition) is 3. The molecule has 1 fully saturated rings. The van der Waals surface area contributed by atoms with Gasteiger partial charge in [0.15, 0.2) is 5.96 Å². The molecule has 8 nitrogen and oxygen atoms in total. The van der Waals surface area contributed by atoms with Crippen LogP contribution in [0, 0.1) is 12.8 Å². The van der Waals surface area contributed by atoms with Crippen LogP contribution in [0.5, 0.6) is 5.75 Å². The van der Waals surface area contributed by atoms with E-state index in [2.05, 4.69) is 27.0 Å². The average molecular weight is 393 g/mol. The molecule has 1 saturated heterocycles. The Hall–Kier alpha value is -2.32. The lowest BCUT2D eigenvalue weighted by Gasteiger charge is -2.17. The van der Waals surface area contributed by atoms with E-state index < -0.39 is 0 Å². The summed E-state index contributed by atoms with van der Waals surface area (Å²) in [7, 11) is 3.27. The topological polar surface area (TPSA) is 93.2 Å². The SMILES string of the molecule is CN=C(NCC(=O)NCCOC)NCc1ccc(C)cc1OCC1CCOC1. The van der Waals surface area contributed by atoms with Crippen LogP contribution in [0.2, 0.25) is 0 Å². The Labute approximate surface area is 167 Å². The van der Waals surface area contributed by atoms with Crippen LogP contribution in [0.4, 0.5) is 0 Å². The van der Waals surface area contributed by atoms with Gasteiger partial charge in [0.25, 0.3) is 0 Å². The largest absolute Gasteiger partial charge is 0.493 e. The molecule has 1 heterocycles. The second-order valence-corrected chi connectivity index (χ2v) is 6.77. The summed E-state index contributed by atoms with van der Waals surface area (Å²) < 4.78 is 16.4. The van der Waals surface area contributed by atoms with Gasteiger partial charge in [0.1, 0.15) is 5.75 Å². The molecule has 0 aromatic heterocycles. The van der Waals surface area contributed by atoms with Crippen LogP contribution in [-0.2, 0) is 20.8 Å². The summed E-state index contributed by atoms with van der Waals surface area (Å²) in [6.07, 6.45) is 1.04. The highest BCUT2D eigenvalue weighted by atomic mass is 16.5. The smallest absolute Gasteiger partial charge is 0.239 e. The Kier molecular flexibility index (Phi) is 9.57. The summed E-state index contributed by atoms with van der Waals surface area (Å²) in [6.45, 7) is 5.95. The van der Waals surface area contributed by atoms with Gasteiger partial charge < -0.3 is 30.2 Å². The number of hydrogen-bond acceptors (Lipinski definition) is 5. The van der Waals surface area contributed by atoms with Crippen molar-refractivity contribution in [3.63, 3.8) is 0 Å². The van der Waals surface area contributed by atoms with Crippen molar-refractivity contribution in [2.24, 2.45) is 10.9 Å². The standard InChI is InChI=1S/C20H32N4O4/c1-15-4-5-17(18(10-15)28-14-16-6-8-27-13-16)11-23-20(21-2)24-12-19(25)22-7-9-26-3/h4-5,10,16H,6-9,11-14H2,1-3H3,(H,22,25)(H2,21,23,24). The van der Waals surface area contributed by atoms with Crippen LogP contribution in [0.15, 0.2) is 23.2 Å². The molecule has 1 unspecified atom stereocenters. The second-order valence-electron chi connectivity index (χ2n) is 6.77. The van der Waals surface area contributed by atoms with Gasteiger partial charge in [-0.1, -0.05) is 12.1 Å². The third-order valence-electron chi connectivity index (χ3n) is 4.44. The van der Waals surface area contributed by atoms with Gasteiger partial charge in [0.05, 0.1) is 26.4 Å². The minimum absolute atomic E-state index is 0.113. The van der Waals surface area contributed by atoms with Gasteiger partial charge in [-0.15, -0.1) is 0 Å². The number of nitrogens with zero attached hydrogens (tertiary/aromatic N) is 1. The molecule has 1 aliphatic heterocycles. The van der Waals surface area contributed by atoms with E-state index in [1.54, 1.807) is 14.2 Å². The number of methoxy groups -OCH3 is 1. The molecule has 1 aromatic rings. The molecule has 28 heavy (non-hydrogen) atoms. The average Bonchev–Trinajstić information content (AvgIpc) is 3.21. The molecule has 0 aliphatic carbocycles. The van der Waals surface area contributed by atoms with Crippen LogP contribution in [-0.4, -0.2) is 65.5 Å². The zero-order valence-corrected chi connectivity index (χ0v) is 17.0. The number of benzene rings is 1. The molecular formula is C20H32N4O4. The Morgan fingerprint density at radius 3 is 2.89 bits per heavy atom. The highest BCUT2D eigenvalue weighted by Gasteiger charge is 2.17. The molecular weight excluding hydrogens is 360 g/mol. The van der Waals surface area contributed by atoms with Gasteiger partial charge in [0, 0.05) is 45.3 Å². The number of carbonyl (C=O) groups excluding carboxylic acids is 1. The maximum absolute atomic E-state index is 11.8. The Balaban J connectivity index is 1.83. The van der Waals surface area contributed by atoms with E-state index >= 15 is 0 Å². The first-order valence-corrected chi connectivity index (χ1v) is 9.62. The number of guanidine groups is 1. The lowest BCUT2D eigenvalue weighted by molar-refractivity contribution is -0.120. The van der Waals surface area contributed by atoms with Crippen LogP contribution in [0.3, 0.4) is 0 Å². The predicted octanol–water partition coefficient (Wildman–Crippen LogP) is 0.838. The summed E-state index contributed by atoms with van der Waals surface area (Å²) in [5.41, 5.74) is 2.19. The number of aliphatic imine (C=N–C) groups is 1. The predicted molar refractivity (Wildman–Crippen MR) is 109 cm³/mol. The fourth-order valence-electron chi connectivity index (χ4n) is 2.78. The van der Waals surface area contributed by atoms with Gasteiger partial charge in [-0.05, 0) is 25.0 Å². The van der Waals surface area contributed by atoms with Crippen molar-refractivity contribution in [3.8, 4) is 5.75 Å². The Bertz CT molecular complexity index is 645. The number of ether oxygens (including phenoxy) is 3. The zero-order chi connectivity index (χ0) is 20.2. The zero-order valence-electron chi connectivity index (χ0n) is 17.0. The molecule has 0 saturated carbocycles. The van der Waals surface area contributed by atoms with E-state index in [9.17, 15) is 4.79 Å². The number of aryl methyl sites for hydroxylation is 1.